The molecule has 3 unspecified atom stereocenters. The minimum atomic E-state index is -4.34. The number of aliphatic hydroxyl groups excluding tert-OH is 1. The molecule has 0 saturated carbocycles. The van der Waals surface area contributed by atoms with Crippen LogP contribution in [0, 0.1) is 0 Å². The second-order valence-electron chi connectivity index (χ2n) is 25.2. The number of carbonyl (C=O) groups is 1. The third-order valence-corrected chi connectivity index (χ3v) is 16.8. The first-order valence-corrected chi connectivity index (χ1v) is 37.1. The molecule has 1 amide bonds. The number of phosphoric acid groups is 1. The number of amides is 1. The van der Waals surface area contributed by atoms with Crippen molar-refractivity contribution in [2.45, 2.75) is 334 Å². The molecule has 3 atom stereocenters. The van der Waals surface area contributed by atoms with Crippen LogP contribution in [0.5, 0.6) is 0 Å². The Kier molecular flexibility index (Phi) is 62.9. The summed E-state index contributed by atoms with van der Waals surface area (Å²) in [4.78, 5) is 23.5. The van der Waals surface area contributed by atoms with Crippen molar-refractivity contribution in [1.82, 2.24) is 5.32 Å². The molecule has 488 valence electrons. The fourth-order valence-electron chi connectivity index (χ4n) is 10.4. The van der Waals surface area contributed by atoms with Gasteiger partial charge in [-0.3, -0.25) is 13.8 Å². The highest BCUT2D eigenvalue weighted by Gasteiger charge is 2.28. The third kappa shape index (κ3) is 66.9. The number of hydrogen-bond donors (Lipinski definition) is 3. The van der Waals surface area contributed by atoms with Gasteiger partial charge in [0.15, 0.2) is 0 Å². The molecule has 0 heterocycles. The second kappa shape index (κ2) is 64.9. The molecule has 0 fully saturated rings. The summed E-state index contributed by atoms with van der Waals surface area (Å²) in [6.07, 6.45) is 93.6. The van der Waals surface area contributed by atoms with E-state index in [0.29, 0.717) is 23.9 Å². The Morgan fingerprint density at radius 3 is 1.05 bits per heavy atom. The van der Waals surface area contributed by atoms with Gasteiger partial charge in [0, 0.05) is 6.42 Å². The molecule has 0 saturated heterocycles. The lowest BCUT2D eigenvalue weighted by Gasteiger charge is -2.26. The predicted molar refractivity (Wildman–Crippen MR) is 369 cm³/mol. The maximum absolute atomic E-state index is 13.1. The number of nitrogens with zero attached hydrogens (tertiary/aromatic N) is 1. The van der Waals surface area contributed by atoms with Gasteiger partial charge in [0.25, 0.3) is 0 Å². The van der Waals surface area contributed by atoms with Crippen LogP contribution in [0.4, 0.5) is 0 Å². The van der Waals surface area contributed by atoms with Crippen molar-refractivity contribution in [2.75, 3.05) is 40.9 Å². The van der Waals surface area contributed by atoms with Crippen molar-refractivity contribution in [1.29, 1.82) is 0 Å². The number of allylic oxidation sites excluding steroid dienone is 16. The minimum absolute atomic E-state index is 0.0705. The number of hydrogen-bond acceptors (Lipinski definition) is 5. The maximum Gasteiger partial charge on any atom is 0.472 e. The van der Waals surface area contributed by atoms with E-state index in [9.17, 15) is 19.4 Å². The van der Waals surface area contributed by atoms with Gasteiger partial charge in [0.05, 0.1) is 39.9 Å². The molecule has 0 spiro atoms. The first-order chi connectivity index (χ1) is 41.0. The van der Waals surface area contributed by atoms with E-state index in [1.54, 1.807) is 0 Å². The Bertz CT molecular complexity index is 1690. The third-order valence-electron chi connectivity index (χ3n) is 15.8. The predicted octanol–water partition coefficient (Wildman–Crippen LogP) is 22.9. The number of phosphoric ester groups is 1. The van der Waals surface area contributed by atoms with Crippen LogP contribution in [-0.2, 0) is 18.4 Å². The zero-order valence-corrected chi connectivity index (χ0v) is 56.8. The van der Waals surface area contributed by atoms with E-state index < -0.39 is 20.0 Å². The Balaban J connectivity index is 4.08. The van der Waals surface area contributed by atoms with Crippen molar-refractivity contribution >= 4 is 13.7 Å². The normalized spacial score (nSPS) is 14.2. The molecule has 0 aromatic heterocycles. The highest BCUT2D eigenvalue weighted by Crippen LogP contribution is 2.43. The minimum Gasteiger partial charge on any atom is -0.391 e. The summed E-state index contributed by atoms with van der Waals surface area (Å²) >= 11 is 0. The summed E-state index contributed by atoms with van der Waals surface area (Å²) in [5, 5.41) is 14.2. The maximum atomic E-state index is 13.1. The van der Waals surface area contributed by atoms with Crippen LogP contribution in [0.15, 0.2) is 97.2 Å². The van der Waals surface area contributed by atoms with Crippen LogP contribution >= 0.6 is 7.82 Å². The van der Waals surface area contributed by atoms with E-state index in [4.69, 9.17) is 9.05 Å². The Morgan fingerprint density at radius 1 is 0.417 bits per heavy atom. The van der Waals surface area contributed by atoms with Crippen molar-refractivity contribution in [2.24, 2.45) is 0 Å². The first-order valence-electron chi connectivity index (χ1n) is 35.6. The number of quaternary nitrogens is 1. The fourth-order valence-corrected chi connectivity index (χ4v) is 11.1. The van der Waals surface area contributed by atoms with Crippen LogP contribution in [0.3, 0.4) is 0 Å². The van der Waals surface area contributed by atoms with Gasteiger partial charge >= 0.3 is 7.82 Å². The standard InChI is InChI=1S/C75H137N2O6P/c1-6-8-10-12-14-16-18-20-22-24-26-28-30-32-34-35-36-37-38-39-40-41-43-45-47-49-51-53-55-57-59-61-63-65-67-69-75(79)76-73(72-83-84(80,81)82-71-70-77(3,4)5)74(78)68-66-64-62-60-58-56-54-52-50-48-46-44-42-33-31-29-27-25-23-21-19-17-15-13-11-9-7-2/h8,10,14,16,20,22,26,28,32,34,36-37,39-40,43,45,73-74,78H,6-7,9,11-13,15,17-19,21,23-25,27,29-31,33,35,38,41-42,44,46-72H2,1-5H3,(H-,76,79,80,81)/p+1/b10-8-,16-14-,22-20-,28-26-,34-32-,37-36-,40-39-,45-43-. The van der Waals surface area contributed by atoms with Crippen molar-refractivity contribution in [3.05, 3.63) is 97.2 Å². The van der Waals surface area contributed by atoms with E-state index in [1.165, 1.54) is 199 Å². The molecule has 0 aliphatic rings. The topological polar surface area (TPSA) is 105 Å². The number of rotatable bonds is 65. The highest BCUT2D eigenvalue weighted by atomic mass is 31.2. The molecule has 84 heavy (non-hydrogen) atoms. The number of carbonyl (C=O) groups excluding carboxylic acids is 1. The average Bonchev–Trinajstić information content (AvgIpc) is 3.56. The Morgan fingerprint density at radius 2 is 0.714 bits per heavy atom. The number of nitrogens with one attached hydrogen (secondary N) is 1. The highest BCUT2D eigenvalue weighted by molar-refractivity contribution is 7.47. The quantitative estimate of drug-likeness (QED) is 0.0243. The summed E-state index contributed by atoms with van der Waals surface area (Å²) in [6.45, 7) is 4.80. The van der Waals surface area contributed by atoms with Gasteiger partial charge in [0.2, 0.25) is 5.91 Å². The van der Waals surface area contributed by atoms with E-state index >= 15 is 0 Å². The second-order valence-corrected chi connectivity index (χ2v) is 26.7. The summed E-state index contributed by atoms with van der Waals surface area (Å²) in [7, 11) is 1.61. The Hall–Kier alpha value is -2.58. The molecular formula is C75H138N2O6P+. The molecule has 0 aromatic rings. The summed E-state index contributed by atoms with van der Waals surface area (Å²) in [5.41, 5.74) is 0. The van der Waals surface area contributed by atoms with Crippen molar-refractivity contribution in [3.63, 3.8) is 0 Å². The average molecular weight is 1190 g/mol. The monoisotopic (exact) mass is 1190 g/mol. The van der Waals surface area contributed by atoms with Crippen molar-refractivity contribution in [3.8, 4) is 0 Å². The smallest absolute Gasteiger partial charge is 0.391 e. The summed E-state index contributed by atoms with van der Waals surface area (Å²) < 4.78 is 23.9. The summed E-state index contributed by atoms with van der Waals surface area (Å²) in [5.74, 6) is -0.148. The summed E-state index contributed by atoms with van der Waals surface area (Å²) in [6, 6.07) is -0.771. The zero-order chi connectivity index (χ0) is 61.2. The molecule has 8 nitrogen and oxygen atoms in total. The van der Waals surface area contributed by atoms with E-state index in [-0.39, 0.29) is 19.1 Å². The number of unbranched alkanes of at least 4 members (excludes halogenated alkanes) is 36. The van der Waals surface area contributed by atoms with Crippen molar-refractivity contribution < 1.29 is 32.9 Å². The molecular weight excluding hydrogens is 1060 g/mol. The lowest BCUT2D eigenvalue weighted by atomic mass is 10.0. The molecule has 0 radical (unpaired) electrons. The Labute approximate surface area is 521 Å². The van der Waals surface area contributed by atoms with Crippen LogP contribution in [0.25, 0.3) is 0 Å². The molecule has 9 heteroatoms. The van der Waals surface area contributed by atoms with Gasteiger partial charge in [-0.15, -0.1) is 0 Å². The molecule has 0 aliphatic carbocycles. The van der Waals surface area contributed by atoms with Gasteiger partial charge in [0.1, 0.15) is 13.2 Å². The number of aliphatic hydroxyl groups is 1. The lowest BCUT2D eigenvalue weighted by molar-refractivity contribution is -0.870. The van der Waals surface area contributed by atoms with Gasteiger partial charge in [-0.25, -0.2) is 4.57 Å². The first kappa shape index (κ1) is 81.4. The van der Waals surface area contributed by atoms with Gasteiger partial charge in [-0.1, -0.05) is 336 Å². The van der Waals surface area contributed by atoms with Crippen LogP contribution < -0.4 is 5.32 Å². The SMILES string of the molecule is CC/C=C\C/C=C\C/C=C\C/C=C\C/C=C\C/C=C\C/C=C\C/C=C\CCCCCCCCCCCCC(=O)NC(COP(=O)(O)OCC[N+](C)(C)C)C(O)CCCCCCCCCCCCCCCCCCCCCCCCCCCCC. The zero-order valence-electron chi connectivity index (χ0n) is 55.9. The van der Waals surface area contributed by atoms with Gasteiger partial charge in [-0.2, -0.15) is 0 Å². The largest absolute Gasteiger partial charge is 0.472 e. The lowest BCUT2D eigenvalue weighted by Crippen LogP contribution is -2.46. The molecule has 0 aliphatic heterocycles. The molecule has 0 aromatic carbocycles. The molecule has 0 rings (SSSR count). The van der Waals surface area contributed by atoms with Crippen LogP contribution in [0.2, 0.25) is 0 Å². The van der Waals surface area contributed by atoms with E-state index in [2.05, 4.69) is 116 Å². The van der Waals surface area contributed by atoms with Crippen LogP contribution in [0.1, 0.15) is 322 Å². The number of likely N-dealkylation sites (N-methyl/N-ethyl adjacent to an activating group) is 1. The molecule has 0 bridgehead atoms. The van der Waals surface area contributed by atoms with Gasteiger partial charge in [-0.05, 0) is 77.0 Å². The van der Waals surface area contributed by atoms with E-state index in [0.717, 1.165) is 96.3 Å². The molecule has 3 N–H and O–H groups in total. The van der Waals surface area contributed by atoms with Crippen LogP contribution in [-0.4, -0.2) is 73.4 Å². The van der Waals surface area contributed by atoms with Gasteiger partial charge < -0.3 is 19.8 Å². The van der Waals surface area contributed by atoms with E-state index in [1.807, 2.05) is 21.1 Å². The fraction of sp³-hybridized carbons (Fsp3) is 0.773.